The van der Waals surface area contributed by atoms with E-state index in [1.807, 2.05) is 90.2 Å². The van der Waals surface area contributed by atoms with Crippen molar-refractivity contribution in [3.8, 4) is 0 Å². The van der Waals surface area contributed by atoms with Crippen LogP contribution in [0.4, 0.5) is 0 Å². The summed E-state index contributed by atoms with van der Waals surface area (Å²) in [6.07, 6.45) is 1.76. The summed E-state index contributed by atoms with van der Waals surface area (Å²) in [6.45, 7) is 2.94. The van der Waals surface area contributed by atoms with Gasteiger partial charge in [-0.1, -0.05) is 36.4 Å². The lowest BCUT2D eigenvalue weighted by molar-refractivity contribution is 0.0728. The molecule has 0 aliphatic heterocycles. The van der Waals surface area contributed by atoms with E-state index in [0.29, 0.717) is 18.7 Å². The van der Waals surface area contributed by atoms with E-state index in [-0.39, 0.29) is 5.91 Å². The molecule has 0 saturated carbocycles. The maximum atomic E-state index is 13.4. The highest BCUT2D eigenvalue weighted by Gasteiger charge is 2.18. The Balaban J connectivity index is 1.66. The maximum absolute atomic E-state index is 13.4. The van der Waals surface area contributed by atoms with Crippen molar-refractivity contribution in [3.05, 3.63) is 95.6 Å². The van der Waals surface area contributed by atoms with Crippen molar-refractivity contribution < 1.29 is 4.79 Å². The van der Waals surface area contributed by atoms with Crippen LogP contribution in [0.25, 0.3) is 11.0 Å². The number of pyridine rings is 1. The molecule has 0 spiro atoms. The van der Waals surface area contributed by atoms with E-state index in [1.54, 1.807) is 6.33 Å². The van der Waals surface area contributed by atoms with Crippen molar-refractivity contribution in [3.63, 3.8) is 0 Å². The summed E-state index contributed by atoms with van der Waals surface area (Å²) in [4.78, 5) is 24.1. The molecule has 0 fully saturated rings. The van der Waals surface area contributed by atoms with Crippen LogP contribution in [0.2, 0.25) is 0 Å². The van der Waals surface area contributed by atoms with E-state index in [9.17, 15) is 4.79 Å². The number of fused-ring (bicyclic) bond motifs is 1. The molecular weight excluding hydrogens is 348 g/mol. The van der Waals surface area contributed by atoms with Crippen LogP contribution >= 0.6 is 0 Å². The summed E-state index contributed by atoms with van der Waals surface area (Å²) >= 11 is 0. The van der Waals surface area contributed by atoms with Crippen LogP contribution in [0.15, 0.2) is 73.1 Å². The summed E-state index contributed by atoms with van der Waals surface area (Å²) < 4.78 is 1.95. The SMILES string of the molecule is Cc1cccc(CN(Cc2ccccc2)C(=O)c2ccc3c(c2)ncn3C)n1. The molecule has 4 rings (SSSR count). The number of benzene rings is 2. The largest absolute Gasteiger partial charge is 0.334 e. The molecule has 4 aromatic rings. The lowest BCUT2D eigenvalue weighted by Gasteiger charge is -2.23. The summed E-state index contributed by atoms with van der Waals surface area (Å²) in [7, 11) is 1.95. The van der Waals surface area contributed by atoms with Crippen LogP contribution in [-0.2, 0) is 20.1 Å². The smallest absolute Gasteiger partial charge is 0.254 e. The van der Waals surface area contributed by atoms with Gasteiger partial charge in [0.1, 0.15) is 0 Å². The fourth-order valence-corrected chi connectivity index (χ4v) is 3.34. The van der Waals surface area contributed by atoms with Crippen LogP contribution in [0, 0.1) is 6.92 Å². The predicted molar refractivity (Wildman–Crippen MR) is 110 cm³/mol. The zero-order valence-electron chi connectivity index (χ0n) is 16.0. The van der Waals surface area contributed by atoms with E-state index < -0.39 is 0 Å². The van der Waals surface area contributed by atoms with Crippen molar-refractivity contribution in [1.82, 2.24) is 19.4 Å². The number of rotatable bonds is 5. The van der Waals surface area contributed by atoms with Gasteiger partial charge in [-0.05, 0) is 42.8 Å². The Hall–Kier alpha value is -3.47. The molecule has 0 radical (unpaired) electrons. The lowest BCUT2D eigenvalue weighted by Crippen LogP contribution is -2.30. The van der Waals surface area contributed by atoms with Crippen LogP contribution in [0.1, 0.15) is 27.3 Å². The Kier molecular flexibility index (Phi) is 4.89. The number of imidazole rings is 1. The molecule has 1 amide bonds. The minimum absolute atomic E-state index is 0.0280. The second kappa shape index (κ2) is 7.64. The average Bonchev–Trinajstić information content (AvgIpc) is 3.08. The molecule has 0 saturated heterocycles. The summed E-state index contributed by atoms with van der Waals surface area (Å²) in [5.74, 6) is -0.0280. The molecule has 0 aliphatic rings. The van der Waals surface area contributed by atoms with Crippen LogP contribution in [0.5, 0.6) is 0 Å². The second-order valence-corrected chi connectivity index (χ2v) is 6.98. The first-order chi connectivity index (χ1) is 13.6. The lowest BCUT2D eigenvalue weighted by atomic mass is 10.1. The van der Waals surface area contributed by atoms with Gasteiger partial charge in [0.2, 0.25) is 0 Å². The van der Waals surface area contributed by atoms with E-state index in [4.69, 9.17) is 0 Å². The zero-order chi connectivity index (χ0) is 19.5. The van der Waals surface area contributed by atoms with Crippen molar-refractivity contribution in [1.29, 1.82) is 0 Å². The first-order valence-corrected chi connectivity index (χ1v) is 9.27. The first kappa shape index (κ1) is 17.9. The highest BCUT2D eigenvalue weighted by molar-refractivity contribution is 5.97. The van der Waals surface area contributed by atoms with Gasteiger partial charge in [0.15, 0.2) is 0 Å². The Labute approximate surface area is 164 Å². The number of aryl methyl sites for hydroxylation is 2. The number of nitrogens with zero attached hydrogens (tertiary/aromatic N) is 4. The number of carbonyl (C=O) groups excluding carboxylic acids is 1. The Morgan fingerprint density at radius 1 is 1.00 bits per heavy atom. The molecule has 28 heavy (non-hydrogen) atoms. The van der Waals surface area contributed by atoms with Gasteiger partial charge in [-0.15, -0.1) is 0 Å². The molecule has 2 heterocycles. The number of hydrogen-bond acceptors (Lipinski definition) is 3. The van der Waals surface area contributed by atoms with E-state index in [1.165, 1.54) is 0 Å². The van der Waals surface area contributed by atoms with Crippen molar-refractivity contribution >= 4 is 16.9 Å². The van der Waals surface area contributed by atoms with E-state index in [0.717, 1.165) is 28.0 Å². The molecule has 2 aromatic heterocycles. The molecule has 5 nitrogen and oxygen atoms in total. The van der Waals surface area contributed by atoms with Gasteiger partial charge < -0.3 is 9.47 Å². The molecule has 2 aromatic carbocycles. The Bertz CT molecular complexity index is 1120. The summed E-state index contributed by atoms with van der Waals surface area (Å²) in [5.41, 5.74) is 5.37. The van der Waals surface area contributed by atoms with Gasteiger partial charge in [-0.2, -0.15) is 0 Å². The molecule has 0 unspecified atom stereocenters. The average molecular weight is 370 g/mol. The summed E-state index contributed by atoms with van der Waals surface area (Å²) in [6, 6.07) is 21.6. The molecule has 0 N–H and O–H groups in total. The van der Waals surface area contributed by atoms with Gasteiger partial charge in [-0.25, -0.2) is 4.98 Å². The molecular formula is C23H22N4O. The Morgan fingerprint density at radius 3 is 2.61 bits per heavy atom. The highest BCUT2D eigenvalue weighted by Crippen LogP contribution is 2.18. The second-order valence-electron chi connectivity index (χ2n) is 6.98. The molecule has 5 heteroatoms. The molecule has 0 atom stereocenters. The van der Waals surface area contributed by atoms with Crippen LogP contribution in [0.3, 0.4) is 0 Å². The van der Waals surface area contributed by atoms with Crippen LogP contribution in [-0.4, -0.2) is 25.3 Å². The molecule has 140 valence electrons. The fourth-order valence-electron chi connectivity index (χ4n) is 3.34. The number of carbonyl (C=O) groups is 1. The third kappa shape index (κ3) is 3.78. The minimum atomic E-state index is -0.0280. The van der Waals surface area contributed by atoms with Gasteiger partial charge in [0.05, 0.1) is 29.6 Å². The maximum Gasteiger partial charge on any atom is 0.254 e. The predicted octanol–water partition coefficient (Wildman–Crippen LogP) is 4.12. The van der Waals surface area contributed by atoms with E-state index in [2.05, 4.69) is 9.97 Å². The quantitative estimate of drug-likeness (QED) is 0.531. The zero-order valence-corrected chi connectivity index (χ0v) is 16.0. The topological polar surface area (TPSA) is 51.0 Å². The van der Waals surface area contributed by atoms with Crippen molar-refractivity contribution in [2.24, 2.45) is 7.05 Å². The minimum Gasteiger partial charge on any atom is -0.334 e. The number of aromatic nitrogens is 3. The fraction of sp³-hybridized carbons (Fsp3) is 0.174. The van der Waals surface area contributed by atoms with Gasteiger partial charge in [-0.3, -0.25) is 9.78 Å². The normalized spacial score (nSPS) is 10.9. The Morgan fingerprint density at radius 2 is 1.82 bits per heavy atom. The molecule has 0 aliphatic carbocycles. The highest BCUT2D eigenvalue weighted by atomic mass is 16.2. The third-order valence-electron chi connectivity index (χ3n) is 4.77. The van der Waals surface area contributed by atoms with Crippen molar-refractivity contribution in [2.45, 2.75) is 20.0 Å². The first-order valence-electron chi connectivity index (χ1n) is 9.27. The monoisotopic (exact) mass is 370 g/mol. The molecule has 0 bridgehead atoms. The van der Waals surface area contributed by atoms with Gasteiger partial charge >= 0.3 is 0 Å². The van der Waals surface area contributed by atoms with Gasteiger partial charge in [0.25, 0.3) is 5.91 Å². The van der Waals surface area contributed by atoms with Crippen LogP contribution < -0.4 is 0 Å². The number of hydrogen-bond donors (Lipinski definition) is 0. The standard InChI is InChI=1S/C23H22N4O/c1-17-7-6-10-20(25-17)15-27(14-18-8-4-3-5-9-18)23(28)19-11-12-22-21(13-19)24-16-26(22)2/h3-13,16H,14-15H2,1-2H3. The van der Waals surface area contributed by atoms with Crippen molar-refractivity contribution in [2.75, 3.05) is 0 Å². The van der Waals surface area contributed by atoms with Gasteiger partial charge in [0, 0.05) is 24.8 Å². The summed E-state index contributed by atoms with van der Waals surface area (Å²) in [5, 5.41) is 0. The third-order valence-corrected chi connectivity index (χ3v) is 4.77. The number of amides is 1. The van der Waals surface area contributed by atoms with E-state index >= 15 is 0 Å².